The summed E-state index contributed by atoms with van der Waals surface area (Å²) in [5, 5.41) is 32.4. The van der Waals surface area contributed by atoms with Crippen molar-refractivity contribution in [2.24, 2.45) is 0 Å². The SMILES string of the molecule is O=[N+]([O-])c1ccc(OP(=O)(O)CNS(=O)(=O)c2ccc([N+](=O)[O-])cc2[N+](=O)[O-])cc1. The molecule has 160 valence electrons. The van der Waals surface area contributed by atoms with Gasteiger partial charge < -0.3 is 9.42 Å². The van der Waals surface area contributed by atoms with Gasteiger partial charge in [-0.15, -0.1) is 0 Å². The van der Waals surface area contributed by atoms with Crippen molar-refractivity contribution in [3.8, 4) is 5.75 Å². The van der Waals surface area contributed by atoms with Gasteiger partial charge in [-0.1, -0.05) is 0 Å². The summed E-state index contributed by atoms with van der Waals surface area (Å²) in [4.78, 5) is 38.4. The van der Waals surface area contributed by atoms with Crippen molar-refractivity contribution in [1.29, 1.82) is 0 Å². The third-order valence-corrected chi connectivity index (χ3v) is 6.11. The monoisotopic (exact) mass is 462 g/mol. The van der Waals surface area contributed by atoms with E-state index in [2.05, 4.69) is 0 Å². The molecule has 2 N–H and O–H groups in total. The number of hydrogen-bond acceptors (Lipinski definition) is 10. The molecule has 0 radical (unpaired) electrons. The van der Waals surface area contributed by atoms with Crippen LogP contribution in [0, 0.1) is 30.3 Å². The Morgan fingerprint density at radius 1 is 0.933 bits per heavy atom. The van der Waals surface area contributed by atoms with E-state index in [9.17, 15) is 48.2 Å². The van der Waals surface area contributed by atoms with Crippen molar-refractivity contribution in [1.82, 2.24) is 4.72 Å². The molecular formula is C13H11N4O11PS. The Balaban J connectivity index is 2.20. The van der Waals surface area contributed by atoms with E-state index >= 15 is 0 Å². The predicted molar refractivity (Wildman–Crippen MR) is 98.5 cm³/mol. The molecule has 2 aromatic rings. The molecule has 1 atom stereocenters. The summed E-state index contributed by atoms with van der Waals surface area (Å²) in [6.45, 7) is 0. The standard InChI is InChI=1S/C13H11N4O11PS/c18-15(19)9-1-4-11(5-2-9)28-29(24,25)8-14-30(26,27)13-6-3-10(16(20)21)7-12(13)17(22)23/h1-7,14H,8H2,(H,24,25). The van der Waals surface area contributed by atoms with Crippen LogP contribution in [0.15, 0.2) is 47.4 Å². The zero-order valence-electron chi connectivity index (χ0n) is 14.5. The summed E-state index contributed by atoms with van der Waals surface area (Å²) in [6.07, 6.45) is -1.21. The van der Waals surface area contributed by atoms with Gasteiger partial charge in [0, 0.05) is 18.2 Å². The molecule has 0 amide bonds. The highest BCUT2D eigenvalue weighted by Crippen LogP contribution is 2.42. The van der Waals surface area contributed by atoms with Crippen molar-refractivity contribution >= 4 is 34.7 Å². The zero-order chi connectivity index (χ0) is 22.7. The molecule has 0 spiro atoms. The number of rotatable bonds is 9. The van der Waals surface area contributed by atoms with Gasteiger partial charge in [0.15, 0.2) is 4.90 Å². The predicted octanol–water partition coefficient (Wildman–Crippen LogP) is 1.91. The van der Waals surface area contributed by atoms with Crippen LogP contribution in [-0.2, 0) is 14.6 Å². The van der Waals surface area contributed by atoms with Crippen LogP contribution < -0.4 is 9.25 Å². The molecule has 15 nitrogen and oxygen atoms in total. The van der Waals surface area contributed by atoms with E-state index in [4.69, 9.17) is 4.52 Å². The van der Waals surface area contributed by atoms with E-state index in [0.29, 0.717) is 18.2 Å². The fourth-order valence-corrected chi connectivity index (χ4v) is 4.72. The highest BCUT2D eigenvalue weighted by atomic mass is 32.2. The fourth-order valence-electron chi connectivity index (χ4n) is 2.06. The molecule has 1 unspecified atom stereocenters. The van der Waals surface area contributed by atoms with Crippen LogP contribution >= 0.6 is 7.60 Å². The molecule has 0 heterocycles. The van der Waals surface area contributed by atoms with E-state index in [1.165, 1.54) is 0 Å². The van der Waals surface area contributed by atoms with Crippen molar-refractivity contribution in [3.05, 3.63) is 72.8 Å². The fraction of sp³-hybridized carbons (Fsp3) is 0.0769. The lowest BCUT2D eigenvalue weighted by molar-refractivity contribution is -0.396. The normalized spacial score (nSPS) is 13.2. The average Bonchev–Trinajstić information content (AvgIpc) is 2.66. The second-order valence-electron chi connectivity index (χ2n) is 5.45. The summed E-state index contributed by atoms with van der Waals surface area (Å²) in [7, 11) is -9.41. The van der Waals surface area contributed by atoms with Gasteiger partial charge in [0.1, 0.15) is 12.0 Å². The Morgan fingerprint density at radius 2 is 1.47 bits per heavy atom. The van der Waals surface area contributed by atoms with E-state index in [0.717, 1.165) is 24.3 Å². The van der Waals surface area contributed by atoms with Gasteiger partial charge >= 0.3 is 7.60 Å². The maximum atomic E-state index is 12.3. The van der Waals surface area contributed by atoms with Crippen LogP contribution in [0.3, 0.4) is 0 Å². The Labute approximate surface area is 166 Å². The van der Waals surface area contributed by atoms with Gasteiger partial charge in [-0.25, -0.2) is 13.0 Å². The lowest BCUT2D eigenvalue weighted by atomic mass is 10.3. The average molecular weight is 462 g/mol. The molecule has 0 aromatic heterocycles. The third kappa shape index (κ3) is 5.54. The topological polar surface area (TPSA) is 222 Å². The molecule has 17 heteroatoms. The van der Waals surface area contributed by atoms with Crippen LogP contribution in [0.25, 0.3) is 0 Å². The molecule has 30 heavy (non-hydrogen) atoms. The minimum Gasteiger partial charge on any atom is -0.424 e. The molecule has 2 rings (SSSR count). The maximum Gasteiger partial charge on any atom is 0.391 e. The number of benzene rings is 2. The van der Waals surface area contributed by atoms with Crippen LogP contribution in [0.4, 0.5) is 17.1 Å². The quantitative estimate of drug-likeness (QED) is 0.311. The first-order chi connectivity index (χ1) is 13.8. The van der Waals surface area contributed by atoms with Crippen molar-refractivity contribution < 1.29 is 37.2 Å². The van der Waals surface area contributed by atoms with E-state index < -0.39 is 54.9 Å². The number of sulfonamides is 1. The number of nitrogens with zero attached hydrogens (tertiary/aromatic N) is 3. The van der Waals surface area contributed by atoms with Crippen LogP contribution in [0.1, 0.15) is 0 Å². The number of nitrogens with one attached hydrogen (secondary N) is 1. The second kappa shape index (κ2) is 8.50. The van der Waals surface area contributed by atoms with Crippen molar-refractivity contribution in [2.45, 2.75) is 4.90 Å². The Morgan fingerprint density at radius 3 is 1.97 bits per heavy atom. The Hall–Kier alpha value is -3.46. The number of hydrogen-bond donors (Lipinski definition) is 2. The van der Waals surface area contributed by atoms with Gasteiger partial charge in [0.25, 0.3) is 17.1 Å². The summed E-state index contributed by atoms with van der Waals surface area (Å²) in [5.41, 5.74) is -2.16. The first-order valence-electron chi connectivity index (χ1n) is 7.51. The third-order valence-electron chi connectivity index (χ3n) is 3.39. The maximum absolute atomic E-state index is 12.3. The smallest absolute Gasteiger partial charge is 0.391 e. The molecular weight excluding hydrogens is 451 g/mol. The molecule has 0 aliphatic carbocycles. The van der Waals surface area contributed by atoms with Crippen LogP contribution in [-0.4, -0.2) is 34.4 Å². The molecule has 0 bridgehead atoms. The van der Waals surface area contributed by atoms with Crippen LogP contribution in [0.5, 0.6) is 5.75 Å². The lowest BCUT2D eigenvalue weighted by Crippen LogP contribution is -2.26. The first-order valence-corrected chi connectivity index (χ1v) is 10.8. The minimum absolute atomic E-state index is 0.271. The molecule has 0 saturated carbocycles. The van der Waals surface area contributed by atoms with Gasteiger partial charge in [0.2, 0.25) is 10.0 Å². The number of non-ortho nitro benzene ring substituents is 2. The van der Waals surface area contributed by atoms with Gasteiger partial charge in [0.05, 0.1) is 20.8 Å². The van der Waals surface area contributed by atoms with Crippen molar-refractivity contribution in [3.63, 3.8) is 0 Å². The minimum atomic E-state index is -4.74. The van der Waals surface area contributed by atoms with E-state index in [1.54, 1.807) is 4.72 Å². The Kier molecular flexibility index (Phi) is 6.47. The van der Waals surface area contributed by atoms with E-state index in [-0.39, 0.29) is 11.4 Å². The summed E-state index contributed by atoms with van der Waals surface area (Å²) in [5.74, 6) is -0.271. The Bertz CT molecular complexity index is 1170. The lowest BCUT2D eigenvalue weighted by Gasteiger charge is -2.14. The van der Waals surface area contributed by atoms with Gasteiger partial charge in [-0.2, -0.15) is 4.72 Å². The summed E-state index contributed by atoms with van der Waals surface area (Å²) < 4.78 is 43.1. The van der Waals surface area contributed by atoms with E-state index in [1.807, 2.05) is 0 Å². The highest BCUT2D eigenvalue weighted by molar-refractivity contribution is 7.90. The zero-order valence-corrected chi connectivity index (χ0v) is 16.2. The molecule has 0 aliphatic rings. The van der Waals surface area contributed by atoms with Gasteiger partial charge in [-0.3, -0.25) is 30.3 Å². The summed E-state index contributed by atoms with van der Waals surface area (Å²) in [6, 6.07) is 5.75. The molecule has 0 fully saturated rings. The van der Waals surface area contributed by atoms with Crippen LogP contribution in [0.2, 0.25) is 0 Å². The second-order valence-corrected chi connectivity index (χ2v) is 8.96. The largest absolute Gasteiger partial charge is 0.424 e. The number of nitro benzene ring substituents is 3. The molecule has 0 aliphatic heterocycles. The first kappa shape index (κ1) is 22.8. The number of nitro groups is 3. The van der Waals surface area contributed by atoms with Gasteiger partial charge in [-0.05, 0) is 18.2 Å². The summed E-state index contributed by atoms with van der Waals surface area (Å²) >= 11 is 0. The molecule has 0 saturated heterocycles. The molecule has 2 aromatic carbocycles. The van der Waals surface area contributed by atoms with Crippen molar-refractivity contribution in [2.75, 3.05) is 6.29 Å². The highest BCUT2D eigenvalue weighted by Gasteiger charge is 2.31.